The summed E-state index contributed by atoms with van der Waals surface area (Å²) in [6.07, 6.45) is 7.31. The summed E-state index contributed by atoms with van der Waals surface area (Å²) >= 11 is 6.38. The molecular formula is C24H29ClN2O2. The van der Waals surface area contributed by atoms with Crippen molar-refractivity contribution in [3.63, 3.8) is 0 Å². The van der Waals surface area contributed by atoms with Gasteiger partial charge < -0.3 is 9.84 Å². The molecule has 6 rings (SSSR count). The number of hydrogen-bond donors (Lipinski definition) is 1. The van der Waals surface area contributed by atoms with Crippen LogP contribution in [0.15, 0.2) is 28.8 Å². The van der Waals surface area contributed by atoms with E-state index in [1.807, 2.05) is 24.3 Å². The number of benzene rings is 1. The van der Waals surface area contributed by atoms with E-state index in [2.05, 4.69) is 24.3 Å². The molecule has 4 saturated carbocycles. The van der Waals surface area contributed by atoms with E-state index < -0.39 is 0 Å². The minimum absolute atomic E-state index is 0.0699. The first-order valence-electron chi connectivity index (χ1n) is 10.8. The minimum atomic E-state index is -0.0904. The molecule has 1 heterocycles. The van der Waals surface area contributed by atoms with Gasteiger partial charge in [0, 0.05) is 11.1 Å². The van der Waals surface area contributed by atoms with Gasteiger partial charge in [0.05, 0.1) is 5.02 Å². The minimum Gasteiger partial charge on any atom is -0.360 e. The second-order valence-corrected chi connectivity index (χ2v) is 10.6. The third-order valence-corrected chi connectivity index (χ3v) is 8.26. The maximum absolute atomic E-state index is 13.5. The van der Waals surface area contributed by atoms with Gasteiger partial charge in [0.25, 0.3) is 5.91 Å². The normalized spacial score (nSPS) is 32.7. The number of halogens is 1. The predicted octanol–water partition coefficient (Wildman–Crippen LogP) is 6.03. The smallest absolute Gasteiger partial charge is 0.257 e. The van der Waals surface area contributed by atoms with Crippen molar-refractivity contribution in [2.75, 3.05) is 0 Å². The van der Waals surface area contributed by atoms with Crippen LogP contribution in [-0.4, -0.2) is 16.6 Å². The van der Waals surface area contributed by atoms with E-state index in [0.29, 0.717) is 33.4 Å². The molecular weight excluding hydrogens is 384 g/mol. The van der Waals surface area contributed by atoms with E-state index in [4.69, 9.17) is 16.1 Å². The molecule has 2 aromatic rings. The highest BCUT2D eigenvalue weighted by atomic mass is 35.5. The van der Waals surface area contributed by atoms with Crippen LogP contribution < -0.4 is 5.32 Å². The largest absolute Gasteiger partial charge is 0.360 e. The van der Waals surface area contributed by atoms with Gasteiger partial charge in [-0.1, -0.05) is 48.8 Å². The van der Waals surface area contributed by atoms with Crippen molar-refractivity contribution in [3.8, 4) is 11.3 Å². The maximum atomic E-state index is 13.5. The van der Waals surface area contributed by atoms with Crippen LogP contribution in [0.5, 0.6) is 0 Å². The van der Waals surface area contributed by atoms with Crippen LogP contribution in [0.2, 0.25) is 5.02 Å². The highest BCUT2D eigenvalue weighted by Crippen LogP contribution is 2.64. The molecule has 0 saturated heterocycles. The second kappa shape index (κ2) is 6.60. The number of carbonyl (C=O) groups is 1. The average Bonchev–Trinajstić information content (AvgIpc) is 3.02. The fourth-order valence-electron chi connectivity index (χ4n) is 6.94. The molecule has 0 spiro atoms. The zero-order valence-corrected chi connectivity index (χ0v) is 18.2. The van der Waals surface area contributed by atoms with E-state index >= 15 is 0 Å². The fourth-order valence-corrected chi connectivity index (χ4v) is 7.16. The molecule has 4 aliphatic rings. The molecule has 4 bridgehead atoms. The van der Waals surface area contributed by atoms with Crippen molar-refractivity contribution in [3.05, 3.63) is 40.6 Å². The van der Waals surface area contributed by atoms with E-state index in [1.54, 1.807) is 6.92 Å². The monoisotopic (exact) mass is 412 g/mol. The number of nitrogens with zero attached hydrogens (tertiary/aromatic N) is 1. The first kappa shape index (κ1) is 19.2. The predicted molar refractivity (Wildman–Crippen MR) is 114 cm³/mol. The Bertz CT molecular complexity index is 950. The van der Waals surface area contributed by atoms with E-state index in [9.17, 15) is 4.79 Å². The Hall–Kier alpha value is -1.81. The fraction of sp³-hybridized carbons (Fsp3) is 0.583. The molecule has 1 aromatic heterocycles. The average molecular weight is 413 g/mol. The third-order valence-electron chi connectivity index (χ3n) is 7.93. The Kier molecular flexibility index (Phi) is 4.36. The molecule has 4 nitrogen and oxygen atoms in total. The van der Waals surface area contributed by atoms with Gasteiger partial charge >= 0.3 is 0 Å². The number of aryl methyl sites for hydroxylation is 1. The molecule has 5 heteroatoms. The first-order chi connectivity index (χ1) is 13.8. The van der Waals surface area contributed by atoms with Gasteiger partial charge in [0.15, 0.2) is 0 Å². The highest BCUT2D eigenvalue weighted by Gasteiger charge is 2.59. The van der Waals surface area contributed by atoms with Crippen molar-refractivity contribution in [2.45, 2.75) is 64.8 Å². The van der Waals surface area contributed by atoms with Crippen LogP contribution in [0.1, 0.15) is 68.5 Å². The van der Waals surface area contributed by atoms with Crippen LogP contribution in [0.4, 0.5) is 0 Å². The molecule has 2 unspecified atom stereocenters. The lowest BCUT2D eigenvalue weighted by Crippen LogP contribution is -2.64. The summed E-state index contributed by atoms with van der Waals surface area (Å²) in [5.74, 6) is 2.61. The molecule has 154 valence electrons. The number of rotatable bonds is 4. The van der Waals surface area contributed by atoms with E-state index in [1.165, 1.54) is 19.3 Å². The van der Waals surface area contributed by atoms with Crippen molar-refractivity contribution in [1.29, 1.82) is 0 Å². The lowest BCUT2D eigenvalue weighted by molar-refractivity contribution is -0.101. The van der Waals surface area contributed by atoms with Crippen LogP contribution in [-0.2, 0) is 0 Å². The van der Waals surface area contributed by atoms with Gasteiger partial charge in [-0.2, -0.15) is 0 Å². The molecule has 2 atom stereocenters. The number of hydrogen-bond acceptors (Lipinski definition) is 3. The standard InChI is InChI=1S/C24H29ClN2O2/c1-14(2)23-9-16-8-17(10-23)12-24(11-16,13-23)26-22(28)20-15(3)29-27-21(20)18-6-4-5-7-19(18)25/h4-7,14,16-17H,8-13H2,1-3H3,(H,26,28). The quantitative estimate of drug-likeness (QED) is 0.667. The maximum Gasteiger partial charge on any atom is 0.257 e. The third kappa shape index (κ3) is 3.02. The van der Waals surface area contributed by atoms with Crippen LogP contribution in [0.25, 0.3) is 11.3 Å². The van der Waals surface area contributed by atoms with Gasteiger partial charge in [-0.15, -0.1) is 0 Å². The summed E-state index contributed by atoms with van der Waals surface area (Å²) < 4.78 is 5.44. The molecule has 0 aliphatic heterocycles. The van der Waals surface area contributed by atoms with Gasteiger partial charge in [-0.05, 0) is 74.7 Å². The van der Waals surface area contributed by atoms with Crippen LogP contribution in [0, 0.1) is 30.1 Å². The number of carbonyl (C=O) groups excluding carboxylic acids is 1. The summed E-state index contributed by atoms with van der Waals surface area (Å²) in [6.45, 7) is 6.53. The van der Waals surface area contributed by atoms with Crippen LogP contribution >= 0.6 is 11.6 Å². The summed E-state index contributed by atoms with van der Waals surface area (Å²) in [6, 6.07) is 7.47. The zero-order valence-electron chi connectivity index (χ0n) is 17.4. The summed E-state index contributed by atoms with van der Waals surface area (Å²) in [7, 11) is 0. The topological polar surface area (TPSA) is 55.1 Å². The first-order valence-corrected chi connectivity index (χ1v) is 11.2. The molecule has 1 amide bonds. The Morgan fingerprint density at radius 3 is 2.55 bits per heavy atom. The molecule has 4 fully saturated rings. The second-order valence-electron chi connectivity index (χ2n) is 10.2. The lowest BCUT2D eigenvalue weighted by Gasteiger charge is -2.63. The SMILES string of the molecule is Cc1onc(-c2ccccc2Cl)c1C(=O)NC12CC3CC(C1)CC(C(C)C)(C3)C2. The van der Waals surface area contributed by atoms with Crippen molar-refractivity contribution in [2.24, 2.45) is 23.2 Å². The Morgan fingerprint density at radius 1 is 1.21 bits per heavy atom. The Balaban J connectivity index is 1.48. The van der Waals surface area contributed by atoms with Gasteiger partial charge in [-0.3, -0.25) is 4.79 Å². The molecule has 0 radical (unpaired) electrons. The van der Waals surface area contributed by atoms with E-state index in [-0.39, 0.29) is 11.4 Å². The Morgan fingerprint density at radius 2 is 1.90 bits per heavy atom. The molecule has 29 heavy (non-hydrogen) atoms. The number of amides is 1. The van der Waals surface area contributed by atoms with Gasteiger partial charge in [-0.25, -0.2) is 0 Å². The van der Waals surface area contributed by atoms with Gasteiger partial charge in [0.2, 0.25) is 0 Å². The zero-order chi connectivity index (χ0) is 20.4. The molecule has 1 aromatic carbocycles. The summed E-state index contributed by atoms with van der Waals surface area (Å²) in [5, 5.41) is 8.25. The van der Waals surface area contributed by atoms with Crippen molar-refractivity contribution >= 4 is 17.5 Å². The highest BCUT2D eigenvalue weighted by molar-refractivity contribution is 6.33. The molecule has 1 N–H and O–H groups in total. The number of aromatic nitrogens is 1. The summed E-state index contributed by atoms with van der Waals surface area (Å²) in [5.41, 5.74) is 2.08. The van der Waals surface area contributed by atoms with Crippen molar-refractivity contribution in [1.82, 2.24) is 10.5 Å². The van der Waals surface area contributed by atoms with Gasteiger partial charge in [0.1, 0.15) is 17.0 Å². The Labute approximate surface area is 177 Å². The lowest BCUT2D eigenvalue weighted by atomic mass is 9.44. The van der Waals surface area contributed by atoms with Crippen LogP contribution in [0.3, 0.4) is 0 Å². The van der Waals surface area contributed by atoms with Crippen molar-refractivity contribution < 1.29 is 9.32 Å². The summed E-state index contributed by atoms with van der Waals surface area (Å²) in [4.78, 5) is 13.5. The number of nitrogens with one attached hydrogen (secondary N) is 1. The molecule has 4 aliphatic carbocycles. The van der Waals surface area contributed by atoms with E-state index in [0.717, 1.165) is 36.7 Å².